The van der Waals surface area contributed by atoms with E-state index in [2.05, 4.69) is 5.32 Å². The minimum atomic E-state index is -0.346. The molecule has 2 unspecified atom stereocenters. The molecule has 0 amide bonds. The van der Waals surface area contributed by atoms with E-state index in [1.54, 1.807) is 0 Å². The Labute approximate surface area is 73.4 Å². The summed E-state index contributed by atoms with van der Waals surface area (Å²) in [4.78, 5) is 1.97. The van der Waals surface area contributed by atoms with E-state index < -0.39 is 0 Å². The molecule has 0 radical (unpaired) electrons. The molecule has 0 aromatic heterocycles. The Morgan fingerprint density at radius 1 is 1.50 bits per heavy atom. The number of nitrogens with one attached hydrogen (secondary N) is 1. The van der Waals surface area contributed by atoms with Crippen LogP contribution >= 0.6 is 0 Å². The van der Waals surface area contributed by atoms with Crippen LogP contribution in [0.3, 0.4) is 0 Å². The van der Waals surface area contributed by atoms with Crippen LogP contribution in [-0.2, 0) is 0 Å². The molecule has 0 saturated heterocycles. The lowest BCUT2D eigenvalue weighted by Gasteiger charge is -2.24. The van der Waals surface area contributed by atoms with E-state index in [1.807, 2.05) is 43.4 Å². The summed E-state index contributed by atoms with van der Waals surface area (Å²) in [5, 5.41) is 12.7. The second-order valence-corrected chi connectivity index (χ2v) is 3.27. The molecule has 2 atom stereocenters. The van der Waals surface area contributed by atoms with Crippen LogP contribution in [0.5, 0.6) is 0 Å². The Kier molecular flexibility index (Phi) is 3.31. The Morgan fingerprint density at radius 2 is 2.25 bits per heavy atom. The van der Waals surface area contributed by atoms with Gasteiger partial charge in [-0.2, -0.15) is 0 Å². The van der Waals surface area contributed by atoms with E-state index in [1.165, 1.54) is 0 Å². The third-order valence-electron chi connectivity index (χ3n) is 1.78. The van der Waals surface area contributed by atoms with E-state index >= 15 is 0 Å². The normalized spacial score (nSPS) is 24.2. The van der Waals surface area contributed by atoms with Crippen LogP contribution in [0.2, 0.25) is 0 Å². The summed E-state index contributed by atoms with van der Waals surface area (Å²) in [6.07, 6.45) is 7.33. The summed E-state index contributed by atoms with van der Waals surface area (Å²) in [5.41, 5.74) is 0. The van der Waals surface area contributed by atoms with Crippen LogP contribution in [0.4, 0.5) is 0 Å². The Balaban J connectivity index is 2.37. The largest absolute Gasteiger partial charge is 0.389 e. The van der Waals surface area contributed by atoms with Gasteiger partial charge in [0.2, 0.25) is 0 Å². The molecule has 1 rings (SSSR count). The predicted octanol–water partition coefficient (Wildman–Crippen LogP) is -0.0494. The third kappa shape index (κ3) is 2.68. The SMILES string of the molecule is CN(C)CC(O)C1C=CC=CN1. The number of aliphatic hydroxyl groups is 1. The summed E-state index contributed by atoms with van der Waals surface area (Å²) in [5.74, 6) is 0. The highest BCUT2D eigenvalue weighted by Crippen LogP contribution is 2.01. The van der Waals surface area contributed by atoms with E-state index in [4.69, 9.17) is 0 Å². The van der Waals surface area contributed by atoms with Crippen molar-refractivity contribution < 1.29 is 5.11 Å². The highest BCUT2D eigenvalue weighted by Gasteiger charge is 2.15. The van der Waals surface area contributed by atoms with Gasteiger partial charge in [-0.3, -0.25) is 0 Å². The minimum Gasteiger partial charge on any atom is -0.389 e. The smallest absolute Gasteiger partial charge is 0.0903 e. The van der Waals surface area contributed by atoms with Gasteiger partial charge < -0.3 is 15.3 Å². The fourth-order valence-electron chi connectivity index (χ4n) is 1.19. The van der Waals surface area contributed by atoms with Crippen LogP contribution in [0.25, 0.3) is 0 Å². The first-order valence-electron chi connectivity index (χ1n) is 4.12. The van der Waals surface area contributed by atoms with Gasteiger partial charge in [0.05, 0.1) is 12.1 Å². The zero-order valence-electron chi connectivity index (χ0n) is 7.57. The quantitative estimate of drug-likeness (QED) is 0.620. The molecule has 0 saturated carbocycles. The first-order chi connectivity index (χ1) is 5.70. The average Bonchev–Trinajstić information content (AvgIpc) is 2.05. The summed E-state index contributed by atoms with van der Waals surface area (Å²) < 4.78 is 0. The first-order valence-corrected chi connectivity index (χ1v) is 4.12. The average molecular weight is 168 g/mol. The molecule has 0 spiro atoms. The molecule has 1 aliphatic rings. The lowest BCUT2D eigenvalue weighted by atomic mass is 10.1. The zero-order chi connectivity index (χ0) is 8.97. The maximum Gasteiger partial charge on any atom is 0.0903 e. The van der Waals surface area contributed by atoms with Crippen molar-refractivity contribution in [3.63, 3.8) is 0 Å². The Hall–Kier alpha value is -0.800. The molecule has 3 heteroatoms. The van der Waals surface area contributed by atoms with Gasteiger partial charge in [-0.1, -0.05) is 12.2 Å². The number of allylic oxidation sites excluding steroid dienone is 2. The van der Waals surface area contributed by atoms with Crippen molar-refractivity contribution in [1.82, 2.24) is 10.2 Å². The number of dihydropyridines is 1. The van der Waals surface area contributed by atoms with Gasteiger partial charge in [-0.05, 0) is 26.4 Å². The molecular formula is C9H16N2O. The second-order valence-electron chi connectivity index (χ2n) is 3.27. The van der Waals surface area contributed by atoms with E-state index in [9.17, 15) is 5.11 Å². The van der Waals surface area contributed by atoms with Gasteiger partial charge in [0, 0.05) is 6.54 Å². The maximum absolute atomic E-state index is 9.66. The lowest BCUT2D eigenvalue weighted by Crippen LogP contribution is -2.42. The van der Waals surface area contributed by atoms with Gasteiger partial charge >= 0.3 is 0 Å². The van der Waals surface area contributed by atoms with Crippen molar-refractivity contribution in [3.8, 4) is 0 Å². The fourth-order valence-corrected chi connectivity index (χ4v) is 1.19. The third-order valence-corrected chi connectivity index (χ3v) is 1.78. The number of nitrogens with zero attached hydrogens (tertiary/aromatic N) is 1. The van der Waals surface area contributed by atoms with Crippen LogP contribution in [0.1, 0.15) is 0 Å². The first kappa shape index (κ1) is 9.29. The molecule has 1 heterocycles. The topological polar surface area (TPSA) is 35.5 Å². The van der Waals surface area contributed by atoms with Crippen molar-refractivity contribution in [3.05, 3.63) is 24.4 Å². The van der Waals surface area contributed by atoms with Crippen molar-refractivity contribution >= 4 is 0 Å². The van der Waals surface area contributed by atoms with E-state index in [0.29, 0.717) is 6.54 Å². The molecule has 3 nitrogen and oxygen atoms in total. The molecule has 68 valence electrons. The molecule has 0 aromatic rings. The number of rotatable bonds is 3. The van der Waals surface area contributed by atoms with Gasteiger partial charge in [0.1, 0.15) is 0 Å². The standard InChI is InChI=1S/C9H16N2O/c1-11(2)7-9(12)8-5-3-4-6-10-8/h3-6,8-10,12H,7H2,1-2H3. The monoisotopic (exact) mass is 168 g/mol. The summed E-state index contributed by atoms with van der Waals surface area (Å²) in [6, 6.07) is 0.0531. The fraction of sp³-hybridized carbons (Fsp3) is 0.556. The molecule has 0 bridgehead atoms. The second kappa shape index (κ2) is 4.28. The van der Waals surface area contributed by atoms with Crippen molar-refractivity contribution in [2.24, 2.45) is 0 Å². The Morgan fingerprint density at radius 3 is 2.75 bits per heavy atom. The van der Waals surface area contributed by atoms with Crippen LogP contribution in [-0.4, -0.2) is 42.8 Å². The predicted molar refractivity (Wildman–Crippen MR) is 49.8 cm³/mol. The Bertz CT molecular complexity index is 187. The highest BCUT2D eigenvalue weighted by molar-refractivity contribution is 5.13. The molecule has 0 fully saturated rings. The van der Waals surface area contributed by atoms with E-state index in [0.717, 1.165) is 0 Å². The van der Waals surface area contributed by atoms with Crippen molar-refractivity contribution in [2.75, 3.05) is 20.6 Å². The number of aliphatic hydroxyl groups excluding tert-OH is 1. The van der Waals surface area contributed by atoms with Gasteiger partial charge in [0.25, 0.3) is 0 Å². The van der Waals surface area contributed by atoms with Crippen molar-refractivity contribution in [1.29, 1.82) is 0 Å². The molecule has 0 aromatic carbocycles. The zero-order valence-corrected chi connectivity index (χ0v) is 7.57. The minimum absolute atomic E-state index is 0.0531. The van der Waals surface area contributed by atoms with Gasteiger partial charge in [-0.15, -0.1) is 0 Å². The van der Waals surface area contributed by atoms with Crippen LogP contribution in [0.15, 0.2) is 24.4 Å². The summed E-state index contributed by atoms with van der Waals surface area (Å²) in [6.45, 7) is 0.676. The number of hydrogen-bond donors (Lipinski definition) is 2. The molecule has 0 aliphatic carbocycles. The van der Waals surface area contributed by atoms with Gasteiger partial charge in [-0.25, -0.2) is 0 Å². The maximum atomic E-state index is 9.66. The van der Waals surface area contributed by atoms with Gasteiger partial charge in [0.15, 0.2) is 0 Å². The molecule has 12 heavy (non-hydrogen) atoms. The molecule has 1 aliphatic heterocycles. The summed E-state index contributed by atoms with van der Waals surface area (Å²) >= 11 is 0. The summed E-state index contributed by atoms with van der Waals surface area (Å²) in [7, 11) is 3.90. The van der Waals surface area contributed by atoms with Crippen molar-refractivity contribution in [2.45, 2.75) is 12.1 Å². The molecule has 2 N–H and O–H groups in total. The highest BCUT2D eigenvalue weighted by atomic mass is 16.3. The number of likely N-dealkylation sites (N-methyl/N-ethyl adjacent to an activating group) is 1. The van der Waals surface area contributed by atoms with Crippen LogP contribution < -0.4 is 5.32 Å². The lowest BCUT2D eigenvalue weighted by molar-refractivity contribution is 0.117. The van der Waals surface area contributed by atoms with Crippen LogP contribution in [0, 0.1) is 0 Å². The molecular weight excluding hydrogens is 152 g/mol. The number of hydrogen-bond acceptors (Lipinski definition) is 3. The van der Waals surface area contributed by atoms with E-state index in [-0.39, 0.29) is 12.1 Å².